The third kappa shape index (κ3) is 1.65. The number of hydrogen-bond donors (Lipinski definition) is 1. The number of fused-ring (bicyclic) bond motifs is 3. The molecule has 0 heterocycles. The molecule has 0 fully saturated rings. The number of benzene rings is 2. The van der Waals surface area contributed by atoms with E-state index in [0.717, 1.165) is 12.0 Å². The van der Waals surface area contributed by atoms with Gasteiger partial charge in [-0.1, -0.05) is 42.5 Å². The van der Waals surface area contributed by atoms with Crippen molar-refractivity contribution in [1.82, 2.24) is 0 Å². The number of alkyl halides is 1. The summed E-state index contributed by atoms with van der Waals surface area (Å²) in [7, 11) is 0. The van der Waals surface area contributed by atoms with Gasteiger partial charge in [-0.3, -0.25) is 0 Å². The Morgan fingerprint density at radius 3 is 2.65 bits per heavy atom. The summed E-state index contributed by atoms with van der Waals surface area (Å²) in [6.45, 7) is -0.508. The Bertz CT molecular complexity index is 563. The highest BCUT2D eigenvalue weighted by molar-refractivity contribution is 5.76. The molecule has 0 bridgehead atoms. The fourth-order valence-corrected chi connectivity index (χ4v) is 2.48. The Morgan fingerprint density at radius 1 is 1.06 bits per heavy atom. The van der Waals surface area contributed by atoms with Gasteiger partial charge in [0.1, 0.15) is 6.67 Å². The Morgan fingerprint density at radius 2 is 1.82 bits per heavy atom. The van der Waals surface area contributed by atoms with Crippen molar-refractivity contribution in [2.45, 2.75) is 12.5 Å². The topological polar surface area (TPSA) is 26.0 Å². The highest BCUT2D eigenvalue weighted by atomic mass is 19.1. The smallest absolute Gasteiger partial charge is 0.109 e. The van der Waals surface area contributed by atoms with E-state index in [-0.39, 0.29) is 0 Å². The number of halogens is 1. The molecule has 1 nitrogen and oxygen atoms in total. The molecular formula is C15H14FN. The third-order valence-electron chi connectivity index (χ3n) is 3.41. The molecule has 0 aliphatic heterocycles. The summed E-state index contributed by atoms with van der Waals surface area (Å²) in [4.78, 5) is 0. The maximum absolute atomic E-state index is 12.6. The lowest BCUT2D eigenvalue weighted by Crippen LogP contribution is -2.12. The summed E-state index contributed by atoms with van der Waals surface area (Å²) in [6.07, 6.45) is 0.929. The highest BCUT2D eigenvalue weighted by Crippen LogP contribution is 2.37. The predicted molar refractivity (Wildman–Crippen MR) is 67.6 cm³/mol. The average molecular weight is 227 g/mol. The van der Waals surface area contributed by atoms with Crippen molar-refractivity contribution >= 4 is 0 Å². The van der Waals surface area contributed by atoms with Crippen LogP contribution in [0.3, 0.4) is 0 Å². The van der Waals surface area contributed by atoms with Crippen molar-refractivity contribution in [3.8, 4) is 11.1 Å². The SMILES string of the molecule is NC(CF)c1ccc2c(c1)Cc1ccccc1-2. The van der Waals surface area contributed by atoms with Crippen molar-refractivity contribution in [3.05, 3.63) is 59.2 Å². The number of nitrogens with two attached hydrogens (primary N) is 1. The van der Waals surface area contributed by atoms with E-state index in [2.05, 4.69) is 30.3 Å². The van der Waals surface area contributed by atoms with Crippen LogP contribution in [0.5, 0.6) is 0 Å². The van der Waals surface area contributed by atoms with E-state index < -0.39 is 12.7 Å². The van der Waals surface area contributed by atoms with Crippen LogP contribution in [0, 0.1) is 0 Å². The lowest BCUT2D eigenvalue weighted by Gasteiger charge is -2.09. The molecule has 1 atom stereocenters. The lowest BCUT2D eigenvalue weighted by atomic mass is 10.0. The molecule has 0 spiro atoms. The zero-order chi connectivity index (χ0) is 11.8. The van der Waals surface area contributed by atoms with Crippen molar-refractivity contribution in [3.63, 3.8) is 0 Å². The highest BCUT2D eigenvalue weighted by Gasteiger charge is 2.18. The molecule has 1 aliphatic carbocycles. The first-order valence-electron chi connectivity index (χ1n) is 5.82. The molecule has 0 radical (unpaired) electrons. The molecule has 2 aromatic carbocycles. The van der Waals surface area contributed by atoms with Crippen LogP contribution in [0.15, 0.2) is 42.5 Å². The van der Waals surface area contributed by atoms with E-state index in [0.29, 0.717) is 0 Å². The molecule has 0 aromatic heterocycles. The Balaban J connectivity index is 2.07. The van der Waals surface area contributed by atoms with Crippen LogP contribution in [-0.4, -0.2) is 6.67 Å². The second-order valence-corrected chi connectivity index (χ2v) is 4.51. The summed E-state index contributed by atoms with van der Waals surface area (Å²) in [6, 6.07) is 13.9. The van der Waals surface area contributed by atoms with Gasteiger partial charge in [0.2, 0.25) is 0 Å². The quantitative estimate of drug-likeness (QED) is 0.714. The summed E-state index contributed by atoms with van der Waals surface area (Å²) < 4.78 is 12.6. The van der Waals surface area contributed by atoms with E-state index in [9.17, 15) is 4.39 Å². The molecule has 2 N–H and O–H groups in total. The molecule has 0 saturated heterocycles. The van der Waals surface area contributed by atoms with Crippen molar-refractivity contribution in [1.29, 1.82) is 0 Å². The molecule has 0 saturated carbocycles. The van der Waals surface area contributed by atoms with Gasteiger partial charge in [-0.15, -0.1) is 0 Å². The second kappa shape index (κ2) is 3.97. The van der Waals surface area contributed by atoms with Gasteiger partial charge in [-0.25, -0.2) is 4.39 Å². The summed E-state index contributed by atoms with van der Waals surface area (Å²) in [5, 5.41) is 0. The van der Waals surface area contributed by atoms with E-state index in [4.69, 9.17) is 5.73 Å². The van der Waals surface area contributed by atoms with Gasteiger partial charge in [0, 0.05) is 0 Å². The molecule has 17 heavy (non-hydrogen) atoms. The molecule has 2 aromatic rings. The van der Waals surface area contributed by atoms with Gasteiger partial charge in [0.15, 0.2) is 0 Å². The normalized spacial score (nSPS) is 14.2. The van der Waals surface area contributed by atoms with Crippen molar-refractivity contribution < 1.29 is 4.39 Å². The second-order valence-electron chi connectivity index (χ2n) is 4.51. The van der Waals surface area contributed by atoms with Gasteiger partial charge in [0.05, 0.1) is 6.04 Å². The van der Waals surface area contributed by atoms with E-state index in [1.54, 1.807) is 0 Å². The van der Waals surface area contributed by atoms with Gasteiger partial charge in [-0.05, 0) is 34.2 Å². The van der Waals surface area contributed by atoms with Crippen LogP contribution in [0.4, 0.5) is 4.39 Å². The Hall–Kier alpha value is -1.67. The average Bonchev–Trinajstić information content (AvgIpc) is 2.75. The maximum atomic E-state index is 12.6. The van der Waals surface area contributed by atoms with Crippen LogP contribution in [-0.2, 0) is 6.42 Å². The van der Waals surface area contributed by atoms with E-state index in [1.807, 2.05) is 12.1 Å². The monoisotopic (exact) mass is 227 g/mol. The molecule has 3 rings (SSSR count). The minimum Gasteiger partial charge on any atom is -0.322 e. The van der Waals surface area contributed by atoms with Crippen LogP contribution < -0.4 is 5.73 Å². The Labute approximate surface area is 100 Å². The summed E-state index contributed by atoms with van der Waals surface area (Å²) in [5.41, 5.74) is 11.8. The first-order chi connectivity index (χ1) is 8.29. The fraction of sp³-hybridized carbons (Fsp3) is 0.200. The van der Waals surface area contributed by atoms with Crippen LogP contribution in [0.2, 0.25) is 0 Å². The van der Waals surface area contributed by atoms with Gasteiger partial charge in [0.25, 0.3) is 0 Å². The molecule has 1 unspecified atom stereocenters. The van der Waals surface area contributed by atoms with Crippen LogP contribution >= 0.6 is 0 Å². The van der Waals surface area contributed by atoms with Crippen molar-refractivity contribution in [2.75, 3.05) is 6.67 Å². The first-order valence-corrected chi connectivity index (χ1v) is 5.82. The fourth-order valence-electron chi connectivity index (χ4n) is 2.48. The third-order valence-corrected chi connectivity index (χ3v) is 3.41. The van der Waals surface area contributed by atoms with E-state index in [1.165, 1.54) is 22.3 Å². The van der Waals surface area contributed by atoms with Crippen LogP contribution in [0.25, 0.3) is 11.1 Å². The minimum absolute atomic E-state index is 0.496. The Kier molecular flexibility index (Phi) is 2.45. The van der Waals surface area contributed by atoms with Crippen molar-refractivity contribution in [2.24, 2.45) is 5.73 Å². The minimum atomic E-state index is -0.508. The maximum Gasteiger partial charge on any atom is 0.109 e. The summed E-state index contributed by atoms with van der Waals surface area (Å²) >= 11 is 0. The summed E-state index contributed by atoms with van der Waals surface area (Å²) in [5.74, 6) is 0. The van der Waals surface area contributed by atoms with Gasteiger partial charge >= 0.3 is 0 Å². The molecule has 0 amide bonds. The standard InChI is InChI=1S/C15H14FN/c16-9-15(17)11-5-6-14-12(8-11)7-10-3-1-2-4-13(10)14/h1-6,8,15H,7,9,17H2. The molecule has 2 heteroatoms. The van der Waals surface area contributed by atoms with Gasteiger partial charge < -0.3 is 5.73 Å². The largest absolute Gasteiger partial charge is 0.322 e. The molecule has 86 valence electrons. The zero-order valence-electron chi connectivity index (χ0n) is 9.49. The zero-order valence-corrected chi connectivity index (χ0v) is 9.49. The molecule has 1 aliphatic rings. The number of rotatable bonds is 2. The molecular weight excluding hydrogens is 213 g/mol. The first kappa shape index (κ1) is 10.5. The van der Waals surface area contributed by atoms with Crippen LogP contribution in [0.1, 0.15) is 22.7 Å². The van der Waals surface area contributed by atoms with Gasteiger partial charge in [-0.2, -0.15) is 0 Å². The lowest BCUT2D eigenvalue weighted by molar-refractivity contribution is 0.437. The van der Waals surface area contributed by atoms with E-state index >= 15 is 0 Å². The predicted octanol–water partition coefficient (Wildman–Crippen LogP) is 3.23. The number of hydrogen-bond acceptors (Lipinski definition) is 1.